The summed E-state index contributed by atoms with van der Waals surface area (Å²) in [4.78, 5) is 22.0. The molecule has 0 saturated carbocycles. The lowest BCUT2D eigenvalue weighted by Crippen LogP contribution is -2.51. The lowest BCUT2D eigenvalue weighted by Gasteiger charge is -2.36. The molecule has 0 radical (unpaired) electrons. The molecule has 4 aromatic rings. The van der Waals surface area contributed by atoms with E-state index in [1.54, 1.807) is 6.33 Å². The highest BCUT2D eigenvalue weighted by Gasteiger charge is 2.24. The van der Waals surface area contributed by atoms with Crippen molar-refractivity contribution in [2.75, 3.05) is 37.9 Å². The number of aromatic nitrogens is 2. The number of piperazine rings is 1. The van der Waals surface area contributed by atoms with Crippen LogP contribution in [0.1, 0.15) is 5.56 Å². The van der Waals surface area contributed by atoms with E-state index in [4.69, 9.17) is 41.1 Å². The molecule has 0 atom stereocenters. The van der Waals surface area contributed by atoms with Crippen molar-refractivity contribution in [3.05, 3.63) is 54.4 Å². The monoisotopic (exact) mass is 509 g/mol. The maximum absolute atomic E-state index is 8.56. The van der Waals surface area contributed by atoms with Crippen LogP contribution < -0.4 is 19.7 Å². The Morgan fingerprint density at radius 2 is 1.78 bits per heavy atom. The number of ether oxygens (including phenoxy) is 2. The number of benzene rings is 2. The van der Waals surface area contributed by atoms with Crippen LogP contribution in [-0.4, -0.2) is 69.3 Å². The summed E-state index contributed by atoms with van der Waals surface area (Å²) in [5.41, 5.74) is 3.53. The van der Waals surface area contributed by atoms with Gasteiger partial charge in [0, 0.05) is 38.1 Å². The third-order valence-electron chi connectivity index (χ3n) is 5.89. The third-order valence-corrected chi connectivity index (χ3v) is 6.29. The molecule has 2 aromatic heterocycles. The van der Waals surface area contributed by atoms with Gasteiger partial charge in [0.05, 0.1) is 0 Å². The zero-order valence-electron chi connectivity index (χ0n) is 19.1. The van der Waals surface area contributed by atoms with Crippen molar-refractivity contribution < 1.29 is 28.9 Å². The van der Waals surface area contributed by atoms with Crippen LogP contribution in [0.3, 0.4) is 0 Å². The van der Waals surface area contributed by atoms with Gasteiger partial charge in [-0.25, -0.2) is 14.8 Å². The summed E-state index contributed by atoms with van der Waals surface area (Å²) in [5, 5.41) is 19.1. The maximum atomic E-state index is 8.56. The van der Waals surface area contributed by atoms with Gasteiger partial charge in [0.15, 0.2) is 28.0 Å². The predicted octanol–water partition coefficient (Wildman–Crippen LogP) is 3.52. The number of fused-ring (bicyclic) bond motifs is 4. The topological polar surface area (TPSA) is 133 Å². The lowest BCUT2D eigenvalue weighted by molar-refractivity contribution is 0.137. The second-order valence-corrected chi connectivity index (χ2v) is 8.46. The van der Waals surface area contributed by atoms with Gasteiger partial charge in [0.25, 0.3) is 0 Å². The van der Waals surface area contributed by atoms with E-state index in [0.29, 0.717) is 6.54 Å². The summed E-state index contributed by atoms with van der Waals surface area (Å²) < 4.78 is 16.9. The van der Waals surface area contributed by atoms with Crippen molar-refractivity contribution in [3.63, 3.8) is 0 Å². The predicted molar refractivity (Wildman–Crippen MR) is 136 cm³/mol. The molecule has 36 heavy (non-hydrogen) atoms. The fourth-order valence-electron chi connectivity index (χ4n) is 4.20. The Labute approximate surface area is 210 Å². The Balaban J connectivity index is 0.000000623. The van der Waals surface area contributed by atoms with Crippen LogP contribution in [-0.2, 0) is 6.54 Å². The van der Waals surface area contributed by atoms with Gasteiger partial charge in [-0.3, -0.25) is 0 Å². The van der Waals surface area contributed by atoms with E-state index < -0.39 is 6.16 Å². The first-order chi connectivity index (χ1) is 17.5. The van der Waals surface area contributed by atoms with E-state index in [-0.39, 0.29) is 6.79 Å². The van der Waals surface area contributed by atoms with Gasteiger partial charge >= 0.3 is 6.16 Å². The van der Waals surface area contributed by atoms with Crippen LogP contribution in [0, 0.1) is 0 Å². The van der Waals surface area contributed by atoms with E-state index in [1.165, 1.54) is 0 Å². The summed E-state index contributed by atoms with van der Waals surface area (Å²) in [7, 11) is 0. The highest BCUT2D eigenvalue weighted by molar-refractivity contribution is 7.80. The molecule has 11 nitrogen and oxygen atoms in total. The van der Waals surface area contributed by atoms with Gasteiger partial charge in [-0.2, -0.15) is 0 Å². The molecular formula is C24H23N5O6S. The van der Waals surface area contributed by atoms with E-state index >= 15 is 0 Å². The normalized spacial score (nSPS) is 14.4. The molecular weight excluding hydrogens is 486 g/mol. The van der Waals surface area contributed by atoms with Crippen LogP contribution in [0.4, 0.5) is 10.6 Å². The SMILES string of the molecule is O=C(O)O.S=C(NCc1ccc2c(c1)OCO2)N1CCN(c2ncnc3c2oc2ccccc23)CC1. The zero-order chi connectivity index (χ0) is 25.1. The standard InChI is InChI=1S/C23H21N5O3S.CH2O3/c32-23(24-12-15-5-6-18-19(11-15)30-14-29-18)28-9-7-27(8-10-28)22-21-20(25-13-26-22)16-3-1-2-4-17(16)31-21;2-1(3)4/h1-6,11,13H,7-10,12,14H2,(H,24,32);(H2,2,3,4). The van der Waals surface area contributed by atoms with E-state index in [1.807, 2.05) is 42.5 Å². The lowest BCUT2D eigenvalue weighted by atomic mass is 10.2. The molecule has 0 unspecified atom stereocenters. The van der Waals surface area contributed by atoms with Gasteiger partial charge in [-0.05, 0) is 42.0 Å². The second kappa shape index (κ2) is 10.1. The fourth-order valence-corrected chi connectivity index (χ4v) is 4.45. The molecule has 0 bridgehead atoms. The molecule has 0 amide bonds. The molecule has 0 aliphatic carbocycles. The van der Waals surface area contributed by atoms with Gasteiger partial charge < -0.3 is 39.2 Å². The molecule has 0 spiro atoms. The number of nitrogens with zero attached hydrogens (tertiary/aromatic N) is 4. The first kappa shape index (κ1) is 23.4. The van der Waals surface area contributed by atoms with Crippen molar-refractivity contribution >= 4 is 51.4 Å². The fraction of sp³-hybridized carbons (Fsp3) is 0.250. The number of furan rings is 1. The van der Waals surface area contributed by atoms with E-state index in [0.717, 1.165) is 76.2 Å². The highest BCUT2D eigenvalue weighted by Crippen LogP contribution is 2.33. The number of nitrogens with one attached hydrogen (secondary N) is 1. The van der Waals surface area contributed by atoms with Crippen LogP contribution in [0.15, 0.2) is 53.2 Å². The smallest absolute Gasteiger partial charge is 0.454 e. The molecule has 1 saturated heterocycles. The molecule has 12 heteroatoms. The second-order valence-electron chi connectivity index (χ2n) is 8.08. The molecule has 6 rings (SSSR count). The Morgan fingerprint density at radius 3 is 2.58 bits per heavy atom. The van der Waals surface area contributed by atoms with Crippen molar-refractivity contribution in [2.45, 2.75) is 6.54 Å². The van der Waals surface area contributed by atoms with E-state index in [9.17, 15) is 0 Å². The van der Waals surface area contributed by atoms with Gasteiger partial charge in [0.1, 0.15) is 17.4 Å². The molecule has 1 fully saturated rings. The Bertz CT molecular complexity index is 1410. The number of hydrogen-bond donors (Lipinski definition) is 3. The molecule has 2 aliphatic heterocycles. The molecule has 3 N–H and O–H groups in total. The third kappa shape index (κ3) is 4.89. The minimum Gasteiger partial charge on any atom is -0.454 e. The quantitative estimate of drug-likeness (QED) is 0.349. The van der Waals surface area contributed by atoms with Crippen molar-refractivity contribution in [2.24, 2.45) is 0 Å². The number of rotatable bonds is 3. The number of hydrogen-bond acceptors (Lipinski definition) is 8. The number of thiocarbonyl (C=S) groups is 1. The minimum absolute atomic E-state index is 0.279. The Kier molecular flexibility index (Phi) is 6.58. The average Bonchev–Trinajstić information content (AvgIpc) is 3.51. The van der Waals surface area contributed by atoms with Gasteiger partial charge in [-0.15, -0.1) is 0 Å². The van der Waals surface area contributed by atoms with Crippen molar-refractivity contribution in [1.29, 1.82) is 0 Å². The molecule has 186 valence electrons. The molecule has 2 aromatic carbocycles. The maximum Gasteiger partial charge on any atom is 0.503 e. The van der Waals surface area contributed by atoms with Crippen LogP contribution in [0.5, 0.6) is 11.5 Å². The Hall–Kier alpha value is -4.32. The summed E-state index contributed by atoms with van der Waals surface area (Å²) in [6, 6.07) is 13.9. The van der Waals surface area contributed by atoms with Gasteiger partial charge in [0.2, 0.25) is 6.79 Å². The average molecular weight is 510 g/mol. The largest absolute Gasteiger partial charge is 0.503 e. The minimum atomic E-state index is -1.83. The first-order valence-corrected chi connectivity index (χ1v) is 11.6. The van der Waals surface area contributed by atoms with E-state index in [2.05, 4.69) is 25.1 Å². The Morgan fingerprint density at radius 1 is 1.03 bits per heavy atom. The van der Waals surface area contributed by atoms with Crippen LogP contribution >= 0.6 is 12.2 Å². The van der Waals surface area contributed by atoms with Crippen LogP contribution in [0.25, 0.3) is 22.1 Å². The molecule has 4 heterocycles. The summed E-state index contributed by atoms with van der Waals surface area (Å²) in [6.45, 7) is 4.13. The van der Waals surface area contributed by atoms with Crippen LogP contribution in [0.2, 0.25) is 0 Å². The number of carbonyl (C=O) groups is 1. The number of carboxylic acid groups (broad SMARTS) is 2. The summed E-state index contributed by atoms with van der Waals surface area (Å²) >= 11 is 5.64. The summed E-state index contributed by atoms with van der Waals surface area (Å²) in [5.74, 6) is 2.41. The zero-order valence-corrected chi connectivity index (χ0v) is 19.9. The number of para-hydroxylation sites is 1. The molecule has 2 aliphatic rings. The highest BCUT2D eigenvalue weighted by atomic mass is 32.1. The number of anilines is 1. The van der Waals surface area contributed by atoms with Crippen molar-refractivity contribution in [3.8, 4) is 11.5 Å². The van der Waals surface area contributed by atoms with Gasteiger partial charge in [-0.1, -0.05) is 18.2 Å². The van der Waals surface area contributed by atoms with Crippen molar-refractivity contribution in [1.82, 2.24) is 20.2 Å². The first-order valence-electron chi connectivity index (χ1n) is 11.2. The summed E-state index contributed by atoms with van der Waals surface area (Å²) in [6.07, 6.45) is -0.219.